The van der Waals surface area contributed by atoms with E-state index in [9.17, 15) is 13.6 Å². The molecule has 0 atom stereocenters. The predicted molar refractivity (Wildman–Crippen MR) is 73.2 cm³/mol. The fourth-order valence-corrected chi connectivity index (χ4v) is 2.39. The largest absolute Gasteiger partial charge is 0.382 e. The van der Waals surface area contributed by atoms with Gasteiger partial charge in [0.05, 0.1) is 0 Å². The number of hydrogen-bond acceptors (Lipinski definition) is 2. The molecular formula is C15H18F2N2O. The van der Waals surface area contributed by atoms with Crippen molar-refractivity contribution in [2.75, 3.05) is 18.4 Å². The number of likely N-dealkylation sites (tertiary alicyclic amines) is 1. The van der Waals surface area contributed by atoms with Crippen molar-refractivity contribution in [2.45, 2.75) is 37.6 Å². The molecule has 0 spiro atoms. The number of nitrogens with zero attached hydrogens (tertiary/aromatic N) is 1. The highest BCUT2D eigenvalue weighted by Gasteiger charge is 2.35. The molecule has 3 nitrogen and oxygen atoms in total. The van der Waals surface area contributed by atoms with Crippen molar-refractivity contribution in [3.63, 3.8) is 0 Å². The first-order chi connectivity index (χ1) is 9.53. The number of halogens is 2. The Morgan fingerprint density at radius 2 is 1.75 bits per heavy atom. The average molecular weight is 280 g/mol. The summed E-state index contributed by atoms with van der Waals surface area (Å²) in [7, 11) is 0. The summed E-state index contributed by atoms with van der Waals surface area (Å²) >= 11 is 0. The average Bonchev–Trinajstić information content (AvgIpc) is 3.23. The standard InChI is InChI=1S/C15H18F2N2O/c16-15(17)7-9-19(10-8-15)14(20)11-1-3-12(4-2-11)18-13-5-6-13/h1-4,13,18H,5-10H2. The lowest BCUT2D eigenvalue weighted by atomic mass is 10.1. The van der Waals surface area contributed by atoms with Gasteiger partial charge in [-0.25, -0.2) is 8.78 Å². The van der Waals surface area contributed by atoms with Crippen LogP contribution in [0.2, 0.25) is 0 Å². The number of carbonyl (C=O) groups excluding carboxylic acids is 1. The Labute approximate surface area is 117 Å². The number of piperidine rings is 1. The maximum atomic E-state index is 13.1. The maximum absolute atomic E-state index is 13.1. The third kappa shape index (κ3) is 3.08. The van der Waals surface area contributed by atoms with Crippen molar-refractivity contribution in [1.29, 1.82) is 0 Å². The van der Waals surface area contributed by atoms with Gasteiger partial charge in [0.15, 0.2) is 0 Å². The van der Waals surface area contributed by atoms with Crippen molar-refractivity contribution in [2.24, 2.45) is 0 Å². The Morgan fingerprint density at radius 1 is 1.15 bits per heavy atom. The van der Waals surface area contributed by atoms with E-state index >= 15 is 0 Å². The zero-order valence-electron chi connectivity index (χ0n) is 11.2. The minimum Gasteiger partial charge on any atom is -0.382 e. The molecule has 2 aliphatic rings. The topological polar surface area (TPSA) is 32.3 Å². The molecule has 5 heteroatoms. The molecular weight excluding hydrogens is 262 g/mol. The van der Waals surface area contributed by atoms with Gasteiger partial charge in [0.1, 0.15) is 0 Å². The van der Waals surface area contributed by atoms with E-state index < -0.39 is 5.92 Å². The number of rotatable bonds is 3. The number of alkyl halides is 2. The molecule has 3 rings (SSSR count). The number of anilines is 1. The molecule has 0 unspecified atom stereocenters. The molecule has 0 radical (unpaired) electrons. The van der Waals surface area contributed by atoms with Crippen LogP contribution in [0.4, 0.5) is 14.5 Å². The molecule has 1 saturated heterocycles. The number of amides is 1. The van der Waals surface area contributed by atoms with Gasteiger partial charge in [-0.05, 0) is 37.1 Å². The molecule has 20 heavy (non-hydrogen) atoms. The summed E-state index contributed by atoms with van der Waals surface area (Å²) in [6, 6.07) is 7.86. The van der Waals surface area contributed by atoms with Gasteiger partial charge in [-0.3, -0.25) is 4.79 Å². The predicted octanol–water partition coefficient (Wildman–Crippen LogP) is 3.13. The van der Waals surface area contributed by atoms with Gasteiger partial charge in [-0.15, -0.1) is 0 Å². The SMILES string of the molecule is O=C(c1ccc(NC2CC2)cc1)N1CCC(F)(F)CC1. The lowest BCUT2D eigenvalue weighted by molar-refractivity contribution is -0.0494. The van der Waals surface area contributed by atoms with Crippen LogP contribution in [0, 0.1) is 0 Å². The lowest BCUT2D eigenvalue weighted by Gasteiger charge is -2.31. The van der Waals surface area contributed by atoms with Crippen LogP contribution in [0.5, 0.6) is 0 Å². The maximum Gasteiger partial charge on any atom is 0.253 e. The third-order valence-corrected chi connectivity index (χ3v) is 3.86. The Morgan fingerprint density at radius 3 is 2.30 bits per heavy atom. The Hall–Kier alpha value is -1.65. The molecule has 108 valence electrons. The van der Waals surface area contributed by atoms with Gasteiger partial charge in [0.2, 0.25) is 0 Å². The summed E-state index contributed by atoms with van der Waals surface area (Å²) in [5.74, 6) is -2.77. The summed E-state index contributed by atoms with van der Waals surface area (Å²) in [6.07, 6.45) is 1.92. The van der Waals surface area contributed by atoms with Crippen LogP contribution in [0.1, 0.15) is 36.0 Å². The van der Waals surface area contributed by atoms with Gasteiger partial charge < -0.3 is 10.2 Å². The molecule has 0 bridgehead atoms. The first-order valence-electron chi connectivity index (χ1n) is 7.07. The molecule has 1 aliphatic heterocycles. The highest BCUT2D eigenvalue weighted by atomic mass is 19.3. The number of nitrogens with one attached hydrogen (secondary N) is 1. The van der Waals surface area contributed by atoms with E-state index in [4.69, 9.17) is 0 Å². The van der Waals surface area contributed by atoms with Crippen molar-refractivity contribution >= 4 is 11.6 Å². The summed E-state index contributed by atoms with van der Waals surface area (Å²) in [5.41, 5.74) is 1.57. The molecule has 1 aromatic carbocycles. The number of carbonyl (C=O) groups is 1. The summed E-state index contributed by atoms with van der Waals surface area (Å²) in [4.78, 5) is 13.7. The van der Waals surface area contributed by atoms with Crippen LogP contribution in [-0.2, 0) is 0 Å². The normalized spacial score (nSPS) is 21.6. The smallest absolute Gasteiger partial charge is 0.253 e. The number of benzene rings is 1. The molecule has 1 saturated carbocycles. The van der Waals surface area contributed by atoms with Crippen LogP contribution >= 0.6 is 0 Å². The molecule has 1 aliphatic carbocycles. The summed E-state index contributed by atoms with van der Waals surface area (Å²) in [6.45, 7) is 0.266. The molecule has 1 N–H and O–H groups in total. The second-order valence-electron chi connectivity index (χ2n) is 5.64. The van der Waals surface area contributed by atoms with Crippen molar-refractivity contribution < 1.29 is 13.6 Å². The van der Waals surface area contributed by atoms with Gasteiger partial charge in [0.25, 0.3) is 11.8 Å². The van der Waals surface area contributed by atoms with Gasteiger partial charge in [-0.1, -0.05) is 0 Å². The Kier molecular flexibility index (Phi) is 3.36. The molecule has 1 aromatic rings. The van der Waals surface area contributed by atoms with Crippen LogP contribution in [0.25, 0.3) is 0 Å². The van der Waals surface area contributed by atoms with Crippen LogP contribution in [0.3, 0.4) is 0 Å². The Balaban J connectivity index is 1.61. The van der Waals surface area contributed by atoms with Gasteiger partial charge >= 0.3 is 0 Å². The van der Waals surface area contributed by atoms with E-state index in [0.717, 1.165) is 5.69 Å². The van der Waals surface area contributed by atoms with Crippen molar-refractivity contribution in [3.8, 4) is 0 Å². The Bertz CT molecular complexity index is 487. The van der Waals surface area contributed by atoms with Crippen molar-refractivity contribution in [1.82, 2.24) is 4.90 Å². The van der Waals surface area contributed by atoms with E-state index in [1.807, 2.05) is 12.1 Å². The van der Waals surface area contributed by atoms with Crippen LogP contribution < -0.4 is 5.32 Å². The van der Waals surface area contributed by atoms with E-state index in [1.54, 1.807) is 12.1 Å². The third-order valence-electron chi connectivity index (χ3n) is 3.86. The quantitative estimate of drug-likeness (QED) is 0.922. The molecule has 2 fully saturated rings. The zero-order chi connectivity index (χ0) is 14.2. The van der Waals surface area contributed by atoms with E-state index in [2.05, 4.69) is 5.32 Å². The highest BCUT2D eigenvalue weighted by Crippen LogP contribution is 2.29. The van der Waals surface area contributed by atoms with Crippen LogP contribution in [0.15, 0.2) is 24.3 Å². The van der Waals surface area contributed by atoms with E-state index in [1.165, 1.54) is 17.7 Å². The van der Waals surface area contributed by atoms with E-state index in [-0.39, 0.29) is 31.8 Å². The second-order valence-corrected chi connectivity index (χ2v) is 5.64. The molecule has 1 heterocycles. The highest BCUT2D eigenvalue weighted by molar-refractivity contribution is 5.94. The first kappa shape index (κ1) is 13.3. The lowest BCUT2D eigenvalue weighted by Crippen LogP contribution is -2.42. The first-order valence-corrected chi connectivity index (χ1v) is 7.07. The monoisotopic (exact) mass is 280 g/mol. The van der Waals surface area contributed by atoms with E-state index in [0.29, 0.717) is 11.6 Å². The fourth-order valence-electron chi connectivity index (χ4n) is 2.39. The second kappa shape index (κ2) is 5.04. The molecule has 1 amide bonds. The minimum absolute atomic E-state index is 0.133. The van der Waals surface area contributed by atoms with Gasteiger partial charge in [0, 0.05) is 43.2 Å². The molecule has 0 aromatic heterocycles. The number of hydrogen-bond donors (Lipinski definition) is 1. The fraction of sp³-hybridized carbons (Fsp3) is 0.533. The minimum atomic E-state index is -2.62. The van der Waals surface area contributed by atoms with Crippen LogP contribution in [-0.4, -0.2) is 35.9 Å². The zero-order valence-corrected chi connectivity index (χ0v) is 11.2. The summed E-state index contributed by atoms with van der Waals surface area (Å²) in [5, 5.41) is 3.35. The summed E-state index contributed by atoms with van der Waals surface area (Å²) < 4.78 is 26.2. The van der Waals surface area contributed by atoms with Gasteiger partial charge in [-0.2, -0.15) is 0 Å². The van der Waals surface area contributed by atoms with Crippen molar-refractivity contribution in [3.05, 3.63) is 29.8 Å².